The summed E-state index contributed by atoms with van der Waals surface area (Å²) < 4.78 is 20.9. The van der Waals surface area contributed by atoms with Crippen LogP contribution in [0.15, 0.2) is 12.2 Å². The van der Waals surface area contributed by atoms with Crippen molar-refractivity contribution in [3.63, 3.8) is 0 Å². The zero-order chi connectivity index (χ0) is 19.5. The summed E-state index contributed by atoms with van der Waals surface area (Å²) in [5.41, 5.74) is -0.0606. The molecule has 2 rings (SSSR count). The molecule has 3 nitrogen and oxygen atoms in total. The Kier molecular flexibility index (Phi) is 7.58. The van der Waals surface area contributed by atoms with Gasteiger partial charge in [0.05, 0.1) is 5.41 Å². The highest BCUT2D eigenvalue weighted by atomic mass is 28.4. The van der Waals surface area contributed by atoms with Gasteiger partial charge in [-0.1, -0.05) is 53.7 Å². The Balaban J connectivity index is 2.51. The average Bonchev–Trinajstić information content (AvgIpc) is 3.32. The summed E-state index contributed by atoms with van der Waals surface area (Å²) in [7, 11) is -3.08. The van der Waals surface area contributed by atoms with Crippen LogP contribution in [0, 0.1) is 11.3 Å². The number of hydrogen-bond donors (Lipinski definition) is 0. The molecule has 0 aromatic carbocycles. The quantitative estimate of drug-likeness (QED) is 0.245. The molecule has 152 valence electrons. The first kappa shape index (κ1) is 22.6. The van der Waals surface area contributed by atoms with Crippen LogP contribution in [0.5, 0.6) is 0 Å². The average molecular weight is 415 g/mol. The van der Waals surface area contributed by atoms with Gasteiger partial charge < -0.3 is 13.3 Å². The van der Waals surface area contributed by atoms with Crippen molar-refractivity contribution in [3.05, 3.63) is 12.2 Å². The van der Waals surface area contributed by atoms with Crippen LogP contribution in [0.2, 0.25) is 36.3 Å². The second-order valence-corrected chi connectivity index (χ2v) is 18.3. The molecule has 0 aromatic rings. The Morgan fingerprint density at radius 3 is 1.62 bits per heavy atom. The Bertz CT molecular complexity index is 450. The maximum absolute atomic E-state index is 7.20. The largest absolute Gasteiger partial charge is 0.381 e. The van der Waals surface area contributed by atoms with E-state index in [4.69, 9.17) is 13.3 Å². The lowest BCUT2D eigenvalue weighted by Gasteiger charge is -2.53. The van der Waals surface area contributed by atoms with Gasteiger partial charge in [0.15, 0.2) is 27.1 Å². The monoisotopic (exact) mass is 414 g/mol. The van der Waals surface area contributed by atoms with Gasteiger partial charge >= 0.3 is 0 Å². The maximum atomic E-state index is 7.20. The molecule has 2 aliphatic carbocycles. The molecule has 0 radical (unpaired) electrons. The third-order valence-corrected chi connectivity index (χ3v) is 17.4. The zero-order valence-corrected chi connectivity index (χ0v) is 22.3. The van der Waals surface area contributed by atoms with Gasteiger partial charge in [0.1, 0.15) is 0 Å². The summed E-state index contributed by atoms with van der Waals surface area (Å²) in [5, 5.41) is 0. The highest BCUT2D eigenvalue weighted by Crippen LogP contribution is 2.59. The molecule has 0 aromatic heterocycles. The third-order valence-electron chi connectivity index (χ3n) is 7.72. The van der Waals surface area contributed by atoms with E-state index in [0.717, 1.165) is 49.1 Å². The molecular formula is C20H42O3Si3. The van der Waals surface area contributed by atoms with Gasteiger partial charge in [0, 0.05) is 0 Å². The molecule has 2 atom stereocenters. The van der Waals surface area contributed by atoms with Crippen LogP contribution in [0.3, 0.4) is 0 Å². The van der Waals surface area contributed by atoms with E-state index in [2.05, 4.69) is 53.7 Å². The van der Waals surface area contributed by atoms with E-state index in [-0.39, 0.29) is 5.41 Å². The van der Waals surface area contributed by atoms with Gasteiger partial charge in [-0.25, -0.2) is 0 Å². The van der Waals surface area contributed by atoms with Crippen LogP contribution in [-0.2, 0) is 13.3 Å². The highest BCUT2D eigenvalue weighted by molar-refractivity contribution is 6.74. The Morgan fingerprint density at radius 1 is 0.923 bits per heavy atom. The summed E-state index contributed by atoms with van der Waals surface area (Å²) in [6.45, 7) is 13.8. The Hall–Kier alpha value is 0.271. The fraction of sp³-hybridized carbons (Fsp3) is 0.900. The molecule has 0 saturated heterocycles. The fourth-order valence-corrected chi connectivity index (χ4v) is 11.8. The molecule has 26 heavy (non-hydrogen) atoms. The minimum absolute atomic E-state index is 0.0606. The van der Waals surface area contributed by atoms with E-state index in [1.54, 1.807) is 0 Å². The van der Waals surface area contributed by atoms with Crippen molar-refractivity contribution < 1.29 is 13.3 Å². The first-order valence-electron chi connectivity index (χ1n) is 11.0. The molecule has 2 bridgehead atoms. The van der Waals surface area contributed by atoms with E-state index in [0.29, 0.717) is 16.4 Å². The van der Waals surface area contributed by atoms with Gasteiger partial charge in [0.2, 0.25) is 0 Å². The number of hydrogen-bond acceptors (Lipinski definition) is 3. The lowest BCUT2D eigenvalue weighted by molar-refractivity contribution is -0.319. The molecule has 0 spiro atoms. The van der Waals surface area contributed by atoms with Gasteiger partial charge in [-0.05, 0) is 61.4 Å². The smallest absolute Gasteiger partial charge is 0.263 e. The SMILES string of the molecule is CC[Si](CC)(CC)OC(O[SiH3])(O[Si](CC)(CC)CC)C12C=CC(CC1)C2. The van der Waals surface area contributed by atoms with Crippen LogP contribution >= 0.6 is 0 Å². The second-order valence-electron chi connectivity index (χ2n) is 8.47. The Labute approximate surface area is 167 Å². The normalized spacial score (nSPS) is 26.2. The first-order valence-corrected chi connectivity index (χ1v) is 16.9. The molecule has 1 saturated carbocycles. The van der Waals surface area contributed by atoms with Crippen molar-refractivity contribution in [2.24, 2.45) is 11.3 Å². The predicted octanol–water partition coefficient (Wildman–Crippen LogP) is 5.34. The lowest BCUT2D eigenvalue weighted by Crippen LogP contribution is -2.62. The van der Waals surface area contributed by atoms with Crippen LogP contribution in [0.25, 0.3) is 0 Å². The molecular weight excluding hydrogens is 372 g/mol. The third kappa shape index (κ3) is 3.74. The van der Waals surface area contributed by atoms with E-state index in [1.165, 1.54) is 6.42 Å². The topological polar surface area (TPSA) is 27.7 Å². The van der Waals surface area contributed by atoms with Crippen LogP contribution < -0.4 is 0 Å². The summed E-state index contributed by atoms with van der Waals surface area (Å²) >= 11 is 0. The fourth-order valence-electron chi connectivity index (χ4n) is 5.14. The highest BCUT2D eigenvalue weighted by Gasteiger charge is 2.62. The number of fused-ring (bicyclic) bond motifs is 2. The molecule has 0 heterocycles. The summed E-state index contributed by atoms with van der Waals surface area (Å²) in [4.78, 5) is 0. The van der Waals surface area contributed by atoms with Crippen molar-refractivity contribution in [2.75, 3.05) is 0 Å². The summed E-state index contributed by atoms with van der Waals surface area (Å²) in [6.07, 6.45) is 8.39. The molecule has 2 unspecified atom stereocenters. The minimum Gasteiger partial charge on any atom is -0.381 e. The van der Waals surface area contributed by atoms with Crippen LogP contribution in [0.1, 0.15) is 60.8 Å². The van der Waals surface area contributed by atoms with Gasteiger partial charge in [0.25, 0.3) is 5.97 Å². The standard InChI is InChI=1S/C20H42O3Si3/c1-7-25(8-2,9-3)22-20(21-24,23-26(10-4,11-5)12-6)19-15-13-18(17-19)14-16-19/h13,15,18H,7-12,14,16-17H2,1-6,24H3. The molecule has 0 N–H and O–H groups in total. The van der Waals surface area contributed by atoms with E-state index in [9.17, 15) is 0 Å². The number of allylic oxidation sites excluding steroid dienone is 1. The Morgan fingerprint density at radius 2 is 1.38 bits per heavy atom. The maximum Gasteiger partial charge on any atom is 0.263 e. The predicted molar refractivity (Wildman–Crippen MR) is 119 cm³/mol. The van der Waals surface area contributed by atoms with Crippen molar-refractivity contribution >= 4 is 27.1 Å². The summed E-state index contributed by atoms with van der Waals surface area (Å²) in [6, 6.07) is 6.82. The lowest BCUT2D eigenvalue weighted by atomic mass is 9.85. The zero-order valence-electron chi connectivity index (χ0n) is 18.3. The van der Waals surface area contributed by atoms with Crippen LogP contribution in [-0.4, -0.2) is 33.1 Å². The van der Waals surface area contributed by atoms with E-state index in [1.807, 2.05) is 0 Å². The van der Waals surface area contributed by atoms with E-state index >= 15 is 0 Å². The van der Waals surface area contributed by atoms with Crippen LogP contribution in [0.4, 0.5) is 0 Å². The van der Waals surface area contributed by atoms with Crippen molar-refractivity contribution in [3.8, 4) is 0 Å². The first-order chi connectivity index (χ1) is 12.4. The second kappa shape index (κ2) is 8.74. The molecule has 2 aliphatic rings. The van der Waals surface area contributed by atoms with Crippen molar-refractivity contribution in [1.29, 1.82) is 0 Å². The molecule has 0 aliphatic heterocycles. The van der Waals surface area contributed by atoms with Gasteiger partial charge in [-0.15, -0.1) is 0 Å². The molecule has 1 fully saturated rings. The summed E-state index contributed by atoms with van der Waals surface area (Å²) in [5.74, 6) is -0.121. The van der Waals surface area contributed by atoms with Gasteiger partial charge in [-0.3, -0.25) is 0 Å². The van der Waals surface area contributed by atoms with E-state index < -0.39 is 22.6 Å². The number of rotatable bonds is 12. The minimum atomic E-state index is -1.86. The molecule has 6 heteroatoms. The molecule has 0 amide bonds. The van der Waals surface area contributed by atoms with Gasteiger partial charge in [-0.2, -0.15) is 0 Å². The van der Waals surface area contributed by atoms with Crippen molar-refractivity contribution in [1.82, 2.24) is 0 Å². The van der Waals surface area contributed by atoms with Crippen molar-refractivity contribution in [2.45, 2.75) is 103 Å².